The third-order valence-electron chi connectivity index (χ3n) is 1.69. The number of hydrogen-bond acceptors (Lipinski definition) is 5. The maximum Gasteiger partial charge on any atom is 0.345 e. The van der Waals surface area contributed by atoms with Gasteiger partial charge in [-0.3, -0.25) is 4.79 Å². The highest BCUT2D eigenvalue weighted by Crippen LogP contribution is 2.21. The van der Waals surface area contributed by atoms with Crippen molar-refractivity contribution in [2.75, 3.05) is 0 Å². The Balaban J connectivity index is 3.74. The van der Waals surface area contributed by atoms with E-state index in [1.807, 2.05) is 0 Å². The number of sulfonamides is 1. The van der Waals surface area contributed by atoms with Crippen LogP contribution in [-0.4, -0.2) is 18.3 Å². The summed E-state index contributed by atoms with van der Waals surface area (Å²) in [5.74, 6) is -1.38. The SMILES string of the molecule is NS(=O)(=O)c1c([N+](=O)[O-])[nH]c(C(F)F)cc1=O. The van der Waals surface area contributed by atoms with E-state index in [2.05, 4.69) is 5.14 Å². The van der Waals surface area contributed by atoms with Crippen molar-refractivity contribution in [3.05, 3.63) is 32.1 Å². The highest BCUT2D eigenvalue weighted by molar-refractivity contribution is 7.89. The fourth-order valence-corrected chi connectivity index (χ4v) is 1.81. The molecule has 0 bridgehead atoms. The molecular formula is C6H5F2N3O5S. The van der Waals surface area contributed by atoms with E-state index in [1.165, 1.54) is 0 Å². The van der Waals surface area contributed by atoms with Gasteiger partial charge in [0.05, 0.1) is 0 Å². The second kappa shape index (κ2) is 4.18. The van der Waals surface area contributed by atoms with Crippen LogP contribution in [-0.2, 0) is 10.0 Å². The number of alkyl halides is 2. The van der Waals surface area contributed by atoms with Crippen LogP contribution in [0.4, 0.5) is 14.6 Å². The number of primary sulfonamides is 1. The molecule has 0 atom stereocenters. The van der Waals surface area contributed by atoms with E-state index in [0.717, 1.165) is 0 Å². The Morgan fingerprint density at radius 3 is 2.35 bits per heavy atom. The second-order valence-electron chi connectivity index (χ2n) is 2.87. The summed E-state index contributed by atoms with van der Waals surface area (Å²) < 4.78 is 46.3. The molecule has 0 unspecified atom stereocenters. The summed E-state index contributed by atoms with van der Waals surface area (Å²) >= 11 is 0. The van der Waals surface area contributed by atoms with Crippen LogP contribution in [0.3, 0.4) is 0 Å². The minimum Gasteiger partial charge on any atom is -0.358 e. The van der Waals surface area contributed by atoms with Crippen molar-refractivity contribution >= 4 is 15.8 Å². The molecule has 3 N–H and O–H groups in total. The summed E-state index contributed by atoms with van der Waals surface area (Å²) in [5, 5.41) is 15.0. The maximum atomic E-state index is 12.2. The van der Waals surface area contributed by atoms with Crippen LogP contribution in [0.2, 0.25) is 0 Å². The van der Waals surface area contributed by atoms with E-state index in [9.17, 15) is 32.1 Å². The van der Waals surface area contributed by atoms with Gasteiger partial charge in [0.25, 0.3) is 6.43 Å². The van der Waals surface area contributed by atoms with Crippen molar-refractivity contribution in [2.45, 2.75) is 11.3 Å². The molecule has 17 heavy (non-hydrogen) atoms. The molecule has 0 spiro atoms. The van der Waals surface area contributed by atoms with Gasteiger partial charge in [0.15, 0.2) is 5.69 Å². The number of aromatic nitrogens is 1. The Kier molecular flexibility index (Phi) is 3.24. The van der Waals surface area contributed by atoms with Crippen molar-refractivity contribution < 1.29 is 22.1 Å². The van der Waals surface area contributed by atoms with Crippen molar-refractivity contribution in [3.8, 4) is 0 Å². The topological polar surface area (TPSA) is 136 Å². The van der Waals surface area contributed by atoms with Crippen LogP contribution in [0.5, 0.6) is 0 Å². The highest BCUT2D eigenvalue weighted by atomic mass is 32.2. The normalized spacial score (nSPS) is 11.8. The Morgan fingerprint density at radius 2 is 2.00 bits per heavy atom. The molecule has 0 saturated carbocycles. The minimum absolute atomic E-state index is 0.247. The van der Waals surface area contributed by atoms with Crippen LogP contribution < -0.4 is 10.6 Å². The summed E-state index contributed by atoms with van der Waals surface area (Å²) in [4.78, 5) is 20.5. The molecule has 0 amide bonds. The van der Waals surface area contributed by atoms with E-state index < -0.39 is 43.2 Å². The van der Waals surface area contributed by atoms with E-state index >= 15 is 0 Å². The van der Waals surface area contributed by atoms with Gasteiger partial charge in [-0.2, -0.15) is 0 Å². The Labute approximate surface area is 92.3 Å². The van der Waals surface area contributed by atoms with Crippen LogP contribution in [0, 0.1) is 10.1 Å². The lowest BCUT2D eigenvalue weighted by atomic mass is 10.3. The molecule has 1 heterocycles. The van der Waals surface area contributed by atoms with E-state index in [-0.39, 0.29) is 6.07 Å². The standard InChI is InChI=1S/C6H5F2N3O5S/c7-5(8)2-1-3(12)4(17(9,15)16)6(10-2)11(13)14/h1,5H,(H,10,12)(H2,9,15,16). The lowest BCUT2D eigenvalue weighted by molar-refractivity contribution is -0.393. The molecule has 11 heteroatoms. The molecule has 1 aromatic rings. The second-order valence-corrected chi connectivity index (χ2v) is 4.37. The molecule has 0 aliphatic rings. The number of H-pyrrole nitrogens is 1. The summed E-state index contributed by atoms with van der Waals surface area (Å²) in [6, 6.07) is 0.247. The predicted octanol–water partition coefficient (Wildman–Crippen LogP) is -0.132. The first-order chi connectivity index (χ1) is 7.64. The molecule has 0 aliphatic heterocycles. The maximum absolute atomic E-state index is 12.2. The monoisotopic (exact) mass is 269 g/mol. The fraction of sp³-hybridized carbons (Fsp3) is 0.167. The van der Waals surface area contributed by atoms with Crippen LogP contribution in [0.25, 0.3) is 0 Å². The largest absolute Gasteiger partial charge is 0.358 e. The third-order valence-corrected chi connectivity index (χ3v) is 2.65. The zero-order chi connectivity index (χ0) is 13.4. The van der Waals surface area contributed by atoms with Gasteiger partial charge in [0.1, 0.15) is 0 Å². The molecule has 0 saturated heterocycles. The van der Waals surface area contributed by atoms with Gasteiger partial charge in [-0.25, -0.2) is 27.3 Å². The summed E-state index contributed by atoms with van der Waals surface area (Å²) in [6.07, 6.45) is -3.18. The van der Waals surface area contributed by atoms with Crippen LogP contribution >= 0.6 is 0 Å². The van der Waals surface area contributed by atoms with Gasteiger partial charge in [-0.1, -0.05) is 0 Å². The van der Waals surface area contributed by atoms with Gasteiger partial charge >= 0.3 is 5.82 Å². The first-order valence-corrected chi connectivity index (χ1v) is 5.41. The summed E-state index contributed by atoms with van der Waals surface area (Å²) in [7, 11) is -4.68. The minimum atomic E-state index is -4.68. The number of nitro groups is 1. The molecule has 0 fully saturated rings. The van der Waals surface area contributed by atoms with Crippen LogP contribution in [0.1, 0.15) is 12.1 Å². The van der Waals surface area contributed by atoms with E-state index in [4.69, 9.17) is 0 Å². The molecular weight excluding hydrogens is 264 g/mol. The molecule has 1 aromatic heterocycles. The van der Waals surface area contributed by atoms with Gasteiger partial charge in [0, 0.05) is 6.07 Å². The Morgan fingerprint density at radius 1 is 1.47 bits per heavy atom. The van der Waals surface area contributed by atoms with Gasteiger partial charge in [0.2, 0.25) is 20.3 Å². The Hall–Kier alpha value is -1.88. The number of hydrogen-bond donors (Lipinski definition) is 2. The summed E-state index contributed by atoms with van der Waals surface area (Å²) in [5.41, 5.74) is -2.53. The average molecular weight is 269 g/mol. The third kappa shape index (κ3) is 2.62. The van der Waals surface area contributed by atoms with Gasteiger partial charge < -0.3 is 10.1 Å². The van der Waals surface area contributed by atoms with Crippen molar-refractivity contribution in [1.82, 2.24) is 4.98 Å². The fourth-order valence-electron chi connectivity index (χ4n) is 1.07. The van der Waals surface area contributed by atoms with Gasteiger partial charge in [-0.15, -0.1) is 0 Å². The first kappa shape index (κ1) is 13.2. The summed E-state index contributed by atoms with van der Waals surface area (Å²) in [6.45, 7) is 0. The number of nitrogens with one attached hydrogen (secondary N) is 1. The lowest BCUT2D eigenvalue weighted by Crippen LogP contribution is -2.24. The predicted molar refractivity (Wildman–Crippen MR) is 50.0 cm³/mol. The first-order valence-electron chi connectivity index (χ1n) is 3.87. The van der Waals surface area contributed by atoms with E-state index in [1.54, 1.807) is 4.98 Å². The number of rotatable bonds is 3. The number of aromatic amines is 1. The van der Waals surface area contributed by atoms with Crippen molar-refractivity contribution in [2.24, 2.45) is 5.14 Å². The Bertz CT molecular complexity index is 623. The smallest absolute Gasteiger partial charge is 0.345 e. The highest BCUT2D eigenvalue weighted by Gasteiger charge is 2.29. The van der Waals surface area contributed by atoms with Crippen molar-refractivity contribution in [3.63, 3.8) is 0 Å². The zero-order valence-electron chi connectivity index (χ0n) is 7.88. The molecule has 1 rings (SSSR count). The number of nitrogens with two attached hydrogens (primary N) is 1. The number of pyridine rings is 1. The number of nitrogens with zero attached hydrogens (tertiary/aromatic N) is 1. The van der Waals surface area contributed by atoms with E-state index in [0.29, 0.717) is 0 Å². The quantitative estimate of drug-likeness (QED) is 0.581. The lowest BCUT2D eigenvalue weighted by Gasteiger charge is -2.03. The number of halogens is 2. The van der Waals surface area contributed by atoms with Crippen molar-refractivity contribution in [1.29, 1.82) is 0 Å². The van der Waals surface area contributed by atoms with Crippen LogP contribution in [0.15, 0.2) is 15.8 Å². The van der Waals surface area contributed by atoms with Gasteiger partial charge in [-0.05, 0) is 4.92 Å². The zero-order valence-corrected chi connectivity index (χ0v) is 8.70. The molecule has 0 aromatic carbocycles. The molecule has 8 nitrogen and oxygen atoms in total. The molecule has 94 valence electrons. The molecule has 0 aliphatic carbocycles. The molecule has 0 radical (unpaired) electrons. The average Bonchev–Trinajstić information content (AvgIpc) is 2.13.